The predicted octanol–water partition coefficient (Wildman–Crippen LogP) is 1.56. The molecule has 6 heteroatoms. The number of benzene rings is 1. The normalized spacial score (nSPS) is 21.7. The van der Waals surface area contributed by atoms with E-state index in [-0.39, 0.29) is 30.2 Å². The Morgan fingerprint density at radius 1 is 1.38 bits per heavy atom. The third-order valence-electron chi connectivity index (χ3n) is 3.94. The zero-order chi connectivity index (χ0) is 15.0. The molecule has 0 aromatic heterocycles. The summed E-state index contributed by atoms with van der Waals surface area (Å²) in [6, 6.07) is 3.97. The summed E-state index contributed by atoms with van der Waals surface area (Å²) in [6.45, 7) is 2.76. The van der Waals surface area contributed by atoms with Crippen LogP contribution in [0.4, 0.5) is 10.1 Å². The van der Waals surface area contributed by atoms with Crippen LogP contribution in [0.2, 0.25) is 0 Å². The minimum Gasteiger partial charge on any atom is -0.491 e. The SMILES string of the molecule is CCOc1ccc(N2CC(=O)N3CCCC3C2=O)cc1F. The summed E-state index contributed by atoms with van der Waals surface area (Å²) in [5.41, 5.74) is 0.404. The van der Waals surface area contributed by atoms with Crippen LogP contribution < -0.4 is 9.64 Å². The van der Waals surface area contributed by atoms with Crippen LogP contribution in [0.3, 0.4) is 0 Å². The van der Waals surface area contributed by atoms with Crippen LogP contribution in [0.5, 0.6) is 5.75 Å². The third-order valence-corrected chi connectivity index (χ3v) is 3.94. The Kier molecular flexibility index (Phi) is 3.53. The Morgan fingerprint density at radius 3 is 2.90 bits per heavy atom. The molecule has 2 amide bonds. The van der Waals surface area contributed by atoms with Gasteiger partial charge in [0.1, 0.15) is 12.6 Å². The molecule has 0 N–H and O–H groups in total. The monoisotopic (exact) mass is 292 g/mol. The molecule has 0 radical (unpaired) electrons. The number of carbonyl (C=O) groups excluding carboxylic acids is 2. The third kappa shape index (κ3) is 2.34. The standard InChI is InChI=1S/C15H17FN2O3/c1-2-21-13-6-5-10(8-11(13)16)18-9-14(19)17-7-3-4-12(17)15(18)20/h5-6,8,12H,2-4,7,9H2,1H3. The quantitative estimate of drug-likeness (QED) is 0.849. The van der Waals surface area contributed by atoms with Gasteiger partial charge >= 0.3 is 0 Å². The summed E-state index contributed by atoms with van der Waals surface area (Å²) in [4.78, 5) is 27.5. The van der Waals surface area contributed by atoms with Crippen molar-refractivity contribution in [2.75, 3.05) is 24.6 Å². The fourth-order valence-corrected chi connectivity index (χ4v) is 2.95. The van der Waals surface area contributed by atoms with Crippen molar-refractivity contribution in [3.8, 4) is 5.75 Å². The van der Waals surface area contributed by atoms with Gasteiger partial charge < -0.3 is 14.5 Å². The van der Waals surface area contributed by atoms with Crippen molar-refractivity contribution in [2.24, 2.45) is 0 Å². The summed E-state index contributed by atoms with van der Waals surface area (Å²) in [6.07, 6.45) is 1.52. The Morgan fingerprint density at radius 2 is 2.19 bits per heavy atom. The van der Waals surface area contributed by atoms with Gasteiger partial charge in [-0.25, -0.2) is 4.39 Å². The molecule has 1 atom stereocenters. The largest absolute Gasteiger partial charge is 0.491 e. The van der Waals surface area contributed by atoms with Gasteiger partial charge in [-0.15, -0.1) is 0 Å². The molecule has 21 heavy (non-hydrogen) atoms. The second kappa shape index (κ2) is 5.35. The minimum atomic E-state index is -0.525. The molecule has 0 saturated carbocycles. The average Bonchev–Trinajstić information content (AvgIpc) is 2.95. The maximum atomic E-state index is 13.9. The van der Waals surface area contributed by atoms with Crippen LogP contribution in [0.25, 0.3) is 0 Å². The summed E-state index contributed by atoms with van der Waals surface area (Å²) < 4.78 is 19.1. The summed E-state index contributed by atoms with van der Waals surface area (Å²) in [5, 5.41) is 0. The molecule has 2 aliphatic rings. The molecular weight excluding hydrogens is 275 g/mol. The Labute approximate surface area is 122 Å². The molecule has 1 aromatic carbocycles. The number of hydrogen-bond donors (Lipinski definition) is 0. The van der Waals surface area contributed by atoms with Crippen LogP contribution in [0, 0.1) is 5.82 Å². The highest BCUT2D eigenvalue weighted by Gasteiger charge is 2.42. The van der Waals surface area contributed by atoms with Crippen molar-refractivity contribution >= 4 is 17.5 Å². The number of nitrogens with zero attached hydrogens (tertiary/aromatic N) is 2. The van der Waals surface area contributed by atoms with Crippen molar-refractivity contribution in [1.82, 2.24) is 4.90 Å². The Hall–Kier alpha value is -2.11. The predicted molar refractivity (Wildman–Crippen MR) is 74.7 cm³/mol. The molecule has 0 bridgehead atoms. The fourth-order valence-electron chi connectivity index (χ4n) is 2.95. The van der Waals surface area contributed by atoms with Crippen molar-refractivity contribution in [1.29, 1.82) is 0 Å². The second-order valence-corrected chi connectivity index (χ2v) is 5.22. The number of ether oxygens (including phenoxy) is 1. The van der Waals surface area contributed by atoms with Gasteiger partial charge in [-0.3, -0.25) is 9.59 Å². The van der Waals surface area contributed by atoms with E-state index in [2.05, 4.69) is 0 Å². The van der Waals surface area contributed by atoms with Crippen LogP contribution in [-0.4, -0.2) is 42.5 Å². The lowest BCUT2D eigenvalue weighted by molar-refractivity contribution is -0.140. The van der Waals surface area contributed by atoms with Gasteiger partial charge in [-0.1, -0.05) is 0 Å². The van der Waals surface area contributed by atoms with Crippen LogP contribution in [-0.2, 0) is 9.59 Å². The van der Waals surface area contributed by atoms with E-state index in [1.807, 2.05) is 0 Å². The second-order valence-electron chi connectivity index (χ2n) is 5.22. The lowest BCUT2D eigenvalue weighted by atomic mass is 10.1. The van der Waals surface area contributed by atoms with Crippen molar-refractivity contribution in [3.05, 3.63) is 24.0 Å². The Bertz CT molecular complexity index is 590. The Balaban J connectivity index is 1.88. The number of anilines is 1. The van der Waals surface area contributed by atoms with Crippen LogP contribution in [0.15, 0.2) is 18.2 Å². The van der Waals surface area contributed by atoms with Gasteiger partial charge in [-0.05, 0) is 31.9 Å². The number of carbonyl (C=O) groups is 2. The van der Waals surface area contributed by atoms with Gasteiger partial charge in [-0.2, -0.15) is 0 Å². The first-order valence-corrected chi connectivity index (χ1v) is 7.15. The molecule has 1 unspecified atom stereocenters. The molecule has 3 rings (SSSR count). The summed E-state index contributed by atoms with van der Waals surface area (Å²) >= 11 is 0. The smallest absolute Gasteiger partial charge is 0.250 e. The summed E-state index contributed by atoms with van der Waals surface area (Å²) in [7, 11) is 0. The van der Waals surface area contributed by atoms with Gasteiger partial charge in [0.05, 0.1) is 6.61 Å². The van der Waals surface area contributed by atoms with E-state index in [0.717, 1.165) is 6.42 Å². The van der Waals surface area contributed by atoms with Crippen molar-refractivity contribution in [2.45, 2.75) is 25.8 Å². The molecular formula is C15H17FN2O3. The van der Waals surface area contributed by atoms with Gasteiger partial charge in [0.2, 0.25) is 11.8 Å². The lowest BCUT2D eigenvalue weighted by Gasteiger charge is -2.36. The summed E-state index contributed by atoms with van der Waals surface area (Å²) in [5.74, 6) is -0.579. The molecule has 0 aliphatic carbocycles. The molecule has 2 aliphatic heterocycles. The first kappa shape index (κ1) is 13.9. The number of rotatable bonds is 3. The first-order valence-electron chi connectivity index (χ1n) is 7.15. The van der Waals surface area contributed by atoms with Gasteiger partial charge in [0.25, 0.3) is 0 Å². The van der Waals surface area contributed by atoms with E-state index in [1.54, 1.807) is 17.9 Å². The van der Waals surface area contributed by atoms with Crippen molar-refractivity contribution < 1.29 is 18.7 Å². The number of hydrogen-bond acceptors (Lipinski definition) is 3. The van der Waals surface area contributed by atoms with Crippen LogP contribution in [0.1, 0.15) is 19.8 Å². The van der Waals surface area contributed by atoms with E-state index in [9.17, 15) is 14.0 Å². The van der Waals surface area contributed by atoms with E-state index < -0.39 is 5.82 Å². The molecule has 5 nitrogen and oxygen atoms in total. The molecule has 2 saturated heterocycles. The van der Waals surface area contributed by atoms with E-state index >= 15 is 0 Å². The highest BCUT2D eigenvalue weighted by Crippen LogP contribution is 2.29. The maximum Gasteiger partial charge on any atom is 0.250 e. The molecule has 2 heterocycles. The minimum absolute atomic E-state index is 0.0250. The van der Waals surface area contributed by atoms with Gasteiger partial charge in [0.15, 0.2) is 11.6 Å². The average molecular weight is 292 g/mol. The molecule has 0 spiro atoms. The van der Waals surface area contributed by atoms with E-state index in [4.69, 9.17) is 4.74 Å². The maximum absolute atomic E-state index is 13.9. The lowest BCUT2D eigenvalue weighted by Crippen LogP contribution is -2.57. The zero-order valence-electron chi connectivity index (χ0n) is 11.8. The number of piperazine rings is 1. The van der Waals surface area contributed by atoms with Crippen LogP contribution >= 0.6 is 0 Å². The first-order chi connectivity index (χ1) is 10.1. The van der Waals surface area contributed by atoms with E-state index in [1.165, 1.54) is 17.0 Å². The van der Waals surface area contributed by atoms with E-state index in [0.29, 0.717) is 25.3 Å². The molecule has 2 fully saturated rings. The molecule has 112 valence electrons. The topological polar surface area (TPSA) is 49.9 Å². The van der Waals surface area contributed by atoms with Gasteiger partial charge in [0, 0.05) is 18.3 Å². The van der Waals surface area contributed by atoms with Crippen molar-refractivity contribution in [3.63, 3.8) is 0 Å². The highest BCUT2D eigenvalue weighted by molar-refractivity contribution is 6.06. The number of halogens is 1. The zero-order valence-corrected chi connectivity index (χ0v) is 11.8. The molecule has 1 aromatic rings. The number of fused-ring (bicyclic) bond motifs is 1. The number of amides is 2. The highest BCUT2D eigenvalue weighted by atomic mass is 19.1. The fraction of sp³-hybridized carbons (Fsp3) is 0.467.